The molecule has 0 aliphatic heterocycles. The number of aryl methyl sites for hydroxylation is 1. The first-order chi connectivity index (χ1) is 10.1. The maximum absolute atomic E-state index is 11.5. The zero-order chi connectivity index (χ0) is 15.2. The Morgan fingerprint density at radius 1 is 1.24 bits per heavy atom. The number of anilines is 1. The van der Waals surface area contributed by atoms with E-state index in [1.807, 2.05) is 0 Å². The van der Waals surface area contributed by atoms with Crippen LogP contribution in [0.25, 0.3) is 11.4 Å². The van der Waals surface area contributed by atoms with Gasteiger partial charge in [-0.15, -0.1) is 10.2 Å². The summed E-state index contributed by atoms with van der Waals surface area (Å²) in [6, 6.07) is 6.67. The molecule has 2 rings (SSSR count). The van der Waals surface area contributed by atoms with Crippen LogP contribution in [0, 0.1) is 0 Å². The molecule has 0 fully saturated rings. The third kappa shape index (κ3) is 3.83. The molecule has 0 unspecified atom stereocenters. The van der Waals surface area contributed by atoms with E-state index in [2.05, 4.69) is 26.0 Å². The molecule has 110 valence electrons. The Morgan fingerprint density at radius 2 is 1.95 bits per heavy atom. The molecule has 0 aliphatic rings. The van der Waals surface area contributed by atoms with E-state index in [1.54, 1.807) is 31.3 Å². The highest BCUT2D eigenvalue weighted by molar-refractivity contribution is 6.39. The number of hydrogen-bond donors (Lipinski definition) is 3. The van der Waals surface area contributed by atoms with Gasteiger partial charge in [0.25, 0.3) is 0 Å². The number of carbonyl (C=O) groups excluding carboxylic acids is 2. The zero-order valence-corrected chi connectivity index (χ0v) is 11.3. The minimum absolute atomic E-state index is 0.0313. The molecular formula is C12H14N6O3. The van der Waals surface area contributed by atoms with Gasteiger partial charge < -0.3 is 15.7 Å². The van der Waals surface area contributed by atoms with Gasteiger partial charge in [0, 0.05) is 17.8 Å². The van der Waals surface area contributed by atoms with E-state index in [0.29, 0.717) is 11.5 Å². The van der Waals surface area contributed by atoms with Crippen LogP contribution < -0.4 is 10.6 Å². The third-order valence-electron chi connectivity index (χ3n) is 2.51. The van der Waals surface area contributed by atoms with Crippen molar-refractivity contribution >= 4 is 17.5 Å². The Kier molecular flexibility index (Phi) is 4.57. The average molecular weight is 290 g/mol. The normalized spacial score (nSPS) is 10.2. The number of tetrazole rings is 1. The predicted octanol–water partition coefficient (Wildman–Crippen LogP) is -1.08. The van der Waals surface area contributed by atoms with Crippen molar-refractivity contribution in [3.8, 4) is 11.4 Å². The van der Waals surface area contributed by atoms with Gasteiger partial charge in [-0.25, -0.2) is 0 Å². The summed E-state index contributed by atoms with van der Waals surface area (Å²) in [7, 11) is 1.66. The first-order valence-corrected chi connectivity index (χ1v) is 6.14. The van der Waals surface area contributed by atoms with Gasteiger partial charge in [-0.1, -0.05) is 0 Å². The maximum Gasteiger partial charge on any atom is 0.313 e. The summed E-state index contributed by atoms with van der Waals surface area (Å²) in [5, 5.41) is 24.9. The molecule has 0 bridgehead atoms. The molecule has 2 aromatic rings. The zero-order valence-electron chi connectivity index (χ0n) is 11.3. The number of hydrogen-bond acceptors (Lipinski definition) is 6. The topological polar surface area (TPSA) is 122 Å². The molecule has 0 spiro atoms. The molecule has 0 saturated carbocycles. The highest BCUT2D eigenvalue weighted by atomic mass is 16.3. The van der Waals surface area contributed by atoms with Gasteiger partial charge in [0.2, 0.25) is 5.82 Å². The monoisotopic (exact) mass is 290 g/mol. The van der Waals surface area contributed by atoms with Crippen molar-refractivity contribution in [2.45, 2.75) is 0 Å². The number of aromatic nitrogens is 4. The molecule has 21 heavy (non-hydrogen) atoms. The number of nitrogens with zero attached hydrogens (tertiary/aromatic N) is 4. The average Bonchev–Trinajstić information content (AvgIpc) is 2.92. The van der Waals surface area contributed by atoms with Crippen LogP contribution in [0.1, 0.15) is 0 Å². The molecule has 0 radical (unpaired) electrons. The van der Waals surface area contributed by atoms with Crippen molar-refractivity contribution in [3.05, 3.63) is 24.3 Å². The van der Waals surface area contributed by atoms with Crippen LogP contribution in [0.4, 0.5) is 5.69 Å². The second-order valence-electron chi connectivity index (χ2n) is 4.11. The summed E-state index contributed by atoms with van der Waals surface area (Å²) in [4.78, 5) is 24.2. The van der Waals surface area contributed by atoms with E-state index in [0.717, 1.165) is 5.56 Å². The van der Waals surface area contributed by atoms with Crippen LogP contribution in [0.15, 0.2) is 24.3 Å². The largest absolute Gasteiger partial charge is 0.395 e. The Balaban J connectivity index is 1.99. The quantitative estimate of drug-likeness (QED) is 0.616. The van der Waals surface area contributed by atoms with Gasteiger partial charge in [0.15, 0.2) is 0 Å². The van der Waals surface area contributed by atoms with Crippen molar-refractivity contribution < 1.29 is 14.7 Å². The van der Waals surface area contributed by atoms with E-state index < -0.39 is 11.8 Å². The number of carbonyl (C=O) groups is 2. The molecule has 9 heteroatoms. The lowest BCUT2D eigenvalue weighted by Crippen LogP contribution is -2.36. The Hall–Kier alpha value is -2.81. The molecule has 1 aromatic carbocycles. The summed E-state index contributed by atoms with van der Waals surface area (Å²) in [6.07, 6.45) is 0. The molecule has 2 amide bonds. The lowest BCUT2D eigenvalue weighted by Gasteiger charge is -2.05. The minimum atomic E-state index is -0.802. The highest BCUT2D eigenvalue weighted by Gasteiger charge is 2.13. The molecule has 3 N–H and O–H groups in total. The van der Waals surface area contributed by atoms with Crippen molar-refractivity contribution in [2.75, 3.05) is 18.5 Å². The Bertz CT molecular complexity index is 637. The summed E-state index contributed by atoms with van der Waals surface area (Å²) >= 11 is 0. The summed E-state index contributed by atoms with van der Waals surface area (Å²) < 4.78 is 0. The van der Waals surface area contributed by atoms with E-state index in [9.17, 15) is 9.59 Å². The van der Waals surface area contributed by atoms with Crippen LogP contribution in [0.5, 0.6) is 0 Å². The second-order valence-corrected chi connectivity index (χ2v) is 4.11. The molecular weight excluding hydrogens is 276 g/mol. The van der Waals surface area contributed by atoms with E-state index >= 15 is 0 Å². The Labute approximate surface area is 120 Å². The fourth-order valence-electron chi connectivity index (χ4n) is 1.54. The van der Waals surface area contributed by atoms with Crippen LogP contribution >= 0.6 is 0 Å². The van der Waals surface area contributed by atoms with Crippen LogP contribution in [0.3, 0.4) is 0 Å². The van der Waals surface area contributed by atoms with E-state index in [4.69, 9.17) is 5.11 Å². The molecule has 0 atom stereocenters. The number of amides is 2. The van der Waals surface area contributed by atoms with Gasteiger partial charge in [-0.05, 0) is 29.5 Å². The molecule has 1 aromatic heterocycles. The van der Waals surface area contributed by atoms with Crippen molar-refractivity contribution in [1.82, 2.24) is 25.5 Å². The minimum Gasteiger partial charge on any atom is -0.395 e. The number of aliphatic hydroxyl groups is 1. The van der Waals surface area contributed by atoms with Gasteiger partial charge >= 0.3 is 11.8 Å². The van der Waals surface area contributed by atoms with Crippen molar-refractivity contribution in [1.29, 1.82) is 0 Å². The first kappa shape index (κ1) is 14.6. The number of nitrogens with one attached hydrogen (secondary N) is 2. The first-order valence-electron chi connectivity index (χ1n) is 6.14. The highest BCUT2D eigenvalue weighted by Crippen LogP contribution is 2.16. The standard InChI is InChI=1S/C12H14N6O3/c1-18-16-10(15-17-18)8-2-4-9(5-3-8)14-12(21)11(20)13-6-7-19/h2-5,19H,6-7H2,1H3,(H,13,20)(H,14,21). The predicted molar refractivity (Wildman–Crippen MR) is 73.0 cm³/mol. The maximum atomic E-state index is 11.5. The fourth-order valence-corrected chi connectivity index (χ4v) is 1.54. The second kappa shape index (κ2) is 6.57. The summed E-state index contributed by atoms with van der Waals surface area (Å²) in [5.74, 6) is -1.13. The van der Waals surface area contributed by atoms with Gasteiger partial charge in [-0.3, -0.25) is 9.59 Å². The van der Waals surface area contributed by atoms with Gasteiger partial charge in [-0.2, -0.15) is 4.80 Å². The molecule has 9 nitrogen and oxygen atoms in total. The van der Waals surface area contributed by atoms with Crippen LogP contribution in [-0.4, -0.2) is 50.3 Å². The summed E-state index contributed by atoms with van der Waals surface area (Å²) in [5.41, 5.74) is 1.21. The number of rotatable bonds is 4. The van der Waals surface area contributed by atoms with Crippen LogP contribution in [-0.2, 0) is 16.6 Å². The lowest BCUT2D eigenvalue weighted by atomic mass is 10.2. The summed E-state index contributed by atoms with van der Waals surface area (Å²) in [6.45, 7) is -0.192. The van der Waals surface area contributed by atoms with E-state index in [1.165, 1.54) is 4.80 Å². The van der Waals surface area contributed by atoms with Crippen molar-refractivity contribution in [3.63, 3.8) is 0 Å². The SMILES string of the molecule is Cn1nnc(-c2ccc(NC(=O)C(=O)NCCO)cc2)n1. The van der Waals surface area contributed by atoms with Crippen molar-refractivity contribution in [2.24, 2.45) is 7.05 Å². The smallest absolute Gasteiger partial charge is 0.313 e. The van der Waals surface area contributed by atoms with Crippen LogP contribution in [0.2, 0.25) is 0 Å². The van der Waals surface area contributed by atoms with E-state index in [-0.39, 0.29) is 13.2 Å². The fraction of sp³-hybridized carbons (Fsp3) is 0.250. The number of benzene rings is 1. The lowest BCUT2D eigenvalue weighted by molar-refractivity contribution is -0.136. The number of aliphatic hydroxyl groups excluding tert-OH is 1. The molecule has 0 saturated heterocycles. The molecule has 1 heterocycles. The Morgan fingerprint density at radius 3 is 2.52 bits per heavy atom. The molecule has 0 aliphatic carbocycles. The van der Waals surface area contributed by atoms with Gasteiger partial charge in [0.05, 0.1) is 13.7 Å². The third-order valence-corrected chi connectivity index (χ3v) is 2.51. The van der Waals surface area contributed by atoms with Gasteiger partial charge in [0.1, 0.15) is 0 Å².